The number of morpholine rings is 1. The first-order valence-corrected chi connectivity index (χ1v) is 11.4. The summed E-state index contributed by atoms with van der Waals surface area (Å²) < 4.78 is 64.3. The molecule has 0 spiro atoms. The number of benzene rings is 2. The van der Waals surface area contributed by atoms with Gasteiger partial charge in [0.05, 0.1) is 19.3 Å². The highest BCUT2D eigenvalue weighted by Crippen LogP contribution is 2.46. The Hall–Kier alpha value is -1.62. The van der Waals surface area contributed by atoms with Crippen LogP contribution in [0.1, 0.15) is 23.1 Å². The summed E-state index contributed by atoms with van der Waals surface area (Å²) in [5.74, 6) is -2.14. The quantitative estimate of drug-likeness (QED) is 0.707. The van der Waals surface area contributed by atoms with Gasteiger partial charge in [0.2, 0.25) is 0 Å². The van der Waals surface area contributed by atoms with E-state index in [4.69, 9.17) is 16.3 Å². The predicted octanol–water partition coefficient (Wildman–Crippen LogP) is 3.18. The normalized spacial score (nSPS) is 24.4. The molecule has 2 saturated heterocycles. The Balaban J connectivity index is 1.83. The SMILES string of the molecule is CN1CC(c2c(F)cccc2F)C(c2ccc(Cl)cc2)N1S(=O)(=O)N1CCOCC1. The van der Waals surface area contributed by atoms with Gasteiger partial charge in [-0.15, -0.1) is 4.41 Å². The molecule has 30 heavy (non-hydrogen) atoms. The first kappa shape index (κ1) is 21.6. The number of halogens is 3. The lowest BCUT2D eigenvalue weighted by atomic mass is 9.88. The molecular formula is C20H22ClF2N3O3S. The molecule has 2 aliphatic rings. The Bertz CT molecular complexity index is 996. The van der Waals surface area contributed by atoms with Crippen LogP contribution in [0.5, 0.6) is 0 Å². The van der Waals surface area contributed by atoms with E-state index >= 15 is 0 Å². The highest BCUT2D eigenvalue weighted by molar-refractivity contribution is 7.86. The zero-order chi connectivity index (χ0) is 21.5. The monoisotopic (exact) mass is 457 g/mol. The second kappa shape index (κ2) is 8.49. The summed E-state index contributed by atoms with van der Waals surface area (Å²) in [4.78, 5) is 0. The maximum Gasteiger partial charge on any atom is 0.295 e. The molecule has 0 radical (unpaired) electrons. The van der Waals surface area contributed by atoms with Crippen molar-refractivity contribution < 1.29 is 21.9 Å². The van der Waals surface area contributed by atoms with Gasteiger partial charge in [-0.2, -0.15) is 12.7 Å². The van der Waals surface area contributed by atoms with Crippen LogP contribution >= 0.6 is 11.6 Å². The van der Waals surface area contributed by atoms with Gasteiger partial charge in [0, 0.05) is 43.2 Å². The van der Waals surface area contributed by atoms with Crippen LogP contribution < -0.4 is 0 Å². The van der Waals surface area contributed by atoms with Gasteiger partial charge in [-0.3, -0.25) is 0 Å². The van der Waals surface area contributed by atoms with E-state index in [1.165, 1.54) is 31.9 Å². The molecule has 4 rings (SSSR count). The fourth-order valence-corrected chi connectivity index (χ4v) is 6.13. The maximum absolute atomic E-state index is 14.7. The van der Waals surface area contributed by atoms with E-state index in [-0.39, 0.29) is 25.2 Å². The van der Waals surface area contributed by atoms with Crippen molar-refractivity contribution in [3.05, 3.63) is 70.2 Å². The van der Waals surface area contributed by atoms with Crippen LogP contribution in [-0.4, -0.2) is 62.0 Å². The Morgan fingerprint density at radius 1 is 1.03 bits per heavy atom. The van der Waals surface area contributed by atoms with Crippen LogP contribution in [0.25, 0.3) is 0 Å². The molecule has 2 aliphatic heterocycles. The van der Waals surface area contributed by atoms with Crippen molar-refractivity contribution in [1.82, 2.24) is 13.7 Å². The highest BCUT2D eigenvalue weighted by Gasteiger charge is 2.49. The fourth-order valence-electron chi connectivity index (χ4n) is 4.18. The molecule has 0 N–H and O–H groups in total. The van der Waals surface area contributed by atoms with Crippen LogP contribution in [0.4, 0.5) is 8.78 Å². The summed E-state index contributed by atoms with van der Waals surface area (Å²) in [6.07, 6.45) is 0. The summed E-state index contributed by atoms with van der Waals surface area (Å²) in [5.41, 5.74) is 0.484. The minimum Gasteiger partial charge on any atom is -0.379 e. The average Bonchev–Trinajstić information content (AvgIpc) is 3.06. The van der Waals surface area contributed by atoms with Crippen molar-refractivity contribution in [3.8, 4) is 0 Å². The summed E-state index contributed by atoms with van der Waals surface area (Å²) in [6.45, 7) is 1.17. The first-order valence-electron chi connectivity index (χ1n) is 9.58. The molecule has 0 amide bonds. The van der Waals surface area contributed by atoms with Crippen LogP contribution in [0.3, 0.4) is 0 Å². The van der Waals surface area contributed by atoms with E-state index in [0.29, 0.717) is 23.8 Å². The minimum absolute atomic E-state index is 0.121. The van der Waals surface area contributed by atoms with E-state index in [1.54, 1.807) is 31.3 Å². The van der Waals surface area contributed by atoms with Gasteiger partial charge in [-0.1, -0.05) is 29.8 Å². The maximum atomic E-state index is 14.7. The van der Waals surface area contributed by atoms with Crippen molar-refractivity contribution in [1.29, 1.82) is 0 Å². The zero-order valence-electron chi connectivity index (χ0n) is 16.3. The van der Waals surface area contributed by atoms with Crippen LogP contribution in [0.15, 0.2) is 42.5 Å². The summed E-state index contributed by atoms with van der Waals surface area (Å²) in [5, 5.41) is 2.00. The van der Waals surface area contributed by atoms with Crippen molar-refractivity contribution >= 4 is 21.8 Å². The Morgan fingerprint density at radius 3 is 2.23 bits per heavy atom. The first-order chi connectivity index (χ1) is 14.3. The molecule has 2 aromatic rings. The largest absolute Gasteiger partial charge is 0.379 e. The van der Waals surface area contributed by atoms with Gasteiger partial charge < -0.3 is 4.74 Å². The van der Waals surface area contributed by atoms with Crippen molar-refractivity contribution in [3.63, 3.8) is 0 Å². The number of likely N-dealkylation sites (N-methyl/N-ethyl adjacent to an activating group) is 1. The summed E-state index contributed by atoms with van der Waals surface area (Å²) in [7, 11) is -2.34. The highest BCUT2D eigenvalue weighted by atomic mass is 35.5. The molecule has 0 saturated carbocycles. The van der Waals surface area contributed by atoms with Gasteiger partial charge in [-0.05, 0) is 29.8 Å². The van der Waals surface area contributed by atoms with Gasteiger partial charge in [-0.25, -0.2) is 13.8 Å². The third-order valence-electron chi connectivity index (χ3n) is 5.53. The van der Waals surface area contributed by atoms with Crippen molar-refractivity contribution in [2.45, 2.75) is 12.0 Å². The lowest BCUT2D eigenvalue weighted by molar-refractivity contribution is 0.0573. The van der Waals surface area contributed by atoms with Crippen molar-refractivity contribution in [2.75, 3.05) is 39.9 Å². The number of rotatable bonds is 4. The molecule has 2 fully saturated rings. The van der Waals surface area contributed by atoms with E-state index in [2.05, 4.69) is 0 Å². The number of nitrogens with zero attached hydrogens (tertiary/aromatic N) is 3. The number of hydrogen-bond acceptors (Lipinski definition) is 4. The van der Waals surface area contributed by atoms with E-state index in [1.807, 2.05) is 0 Å². The standard InChI is InChI=1S/C20H22ClF2N3O3S/c1-24-13-16(19-17(22)3-2-4-18(19)23)20(14-5-7-15(21)8-6-14)26(24)30(27,28)25-9-11-29-12-10-25/h2-8,16,20H,9-13H2,1H3. The zero-order valence-corrected chi connectivity index (χ0v) is 17.9. The van der Waals surface area contributed by atoms with Crippen LogP contribution in [0.2, 0.25) is 5.02 Å². The third-order valence-corrected chi connectivity index (χ3v) is 7.78. The third kappa shape index (κ3) is 3.86. The second-order valence-corrected chi connectivity index (χ2v) is 9.59. The van der Waals surface area contributed by atoms with E-state index in [0.717, 1.165) is 0 Å². The second-order valence-electron chi connectivity index (χ2n) is 7.37. The molecule has 2 unspecified atom stereocenters. The average molecular weight is 458 g/mol. The van der Waals surface area contributed by atoms with Gasteiger partial charge in [0.15, 0.2) is 0 Å². The molecule has 2 aromatic carbocycles. The summed E-state index contributed by atoms with van der Waals surface area (Å²) in [6, 6.07) is 9.53. The van der Waals surface area contributed by atoms with Gasteiger partial charge in [0.25, 0.3) is 10.2 Å². The lowest BCUT2D eigenvalue weighted by Gasteiger charge is -2.36. The van der Waals surface area contributed by atoms with E-state index in [9.17, 15) is 17.2 Å². The lowest BCUT2D eigenvalue weighted by Crippen LogP contribution is -2.51. The number of hydrogen-bond donors (Lipinski definition) is 0. The number of ether oxygens (including phenoxy) is 1. The fraction of sp³-hybridized carbons (Fsp3) is 0.400. The van der Waals surface area contributed by atoms with Crippen LogP contribution in [0, 0.1) is 11.6 Å². The Morgan fingerprint density at radius 2 is 1.63 bits per heavy atom. The van der Waals surface area contributed by atoms with Gasteiger partial charge >= 0.3 is 0 Å². The van der Waals surface area contributed by atoms with Crippen LogP contribution in [-0.2, 0) is 14.9 Å². The topological polar surface area (TPSA) is 53.1 Å². The van der Waals surface area contributed by atoms with Crippen molar-refractivity contribution in [2.24, 2.45) is 0 Å². The van der Waals surface area contributed by atoms with E-state index < -0.39 is 33.8 Å². The molecule has 0 aromatic heterocycles. The molecule has 0 aliphatic carbocycles. The molecule has 2 atom stereocenters. The summed E-state index contributed by atoms with van der Waals surface area (Å²) >= 11 is 6.01. The predicted molar refractivity (Wildman–Crippen MR) is 109 cm³/mol. The minimum atomic E-state index is -3.95. The van der Waals surface area contributed by atoms with Gasteiger partial charge in [0.1, 0.15) is 11.6 Å². The smallest absolute Gasteiger partial charge is 0.295 e. The molecular weight excluding hydrogens is 436 g/mol. The Kier molecular flexibility index (Phi) is 6.11. The molecule has 162 valence electrons. The molecule has 0 bridgehead atoms. The molecule has 2 heterocycles. The Labute approximate surface area is 179 Å². The number of hydrazine groups is 1. The molecule has 10 heteroatoms. The molecule has 6 nitrogen and oxygen atoms in total.